The summed E-state index contributed by atoms with van der Waals surface area (Å²) in [7, 11) is 0. The first kappa shape index (κ1) is 11.4. The molecule has 2 rings (SSSR count). The number of nitrogens with one attached hydrogen (secondary N) is 1. The number of nitrogens with zero attached hydrogens (tertiary/aromatic N) is 1. The highest BCUT2D eigenvalue weighted by molar-refractivity contribution is 4.88. The van der Waals surface area contributed by atoms with Crippen LogP contribution in [0.5, 0.6) is 0 Å². The zero-order valence-corrected chi connectivity index (χ0v) is 10.3. The van der Waals surface area contributed by atoms with Gasteiger partial charge in [0.05, 0.1) is 11.7 Å². The maximum Gasteiger partial charge on any atom is 0.0710 e. The lowest BCUT2D eigenvalue weighted by molar-refractivity contribution is -0.0359. The van der Waals surface area contributed by atoms with E-state index in [4.69, 9.17) is 4.74 Å². The van der Waals surface area contributed by atoms with Crippen LogP contribution in [0.1, 0.15) is 33.6 Å². The van der Waals surface area contributed by atoms with Crippen molar-refractivity contribution in [1.82, 2.24) is 10.2 Å². The molecule has 2 aliphatic heterocycles. The van der Waals surface area contributed by atoms with Gasteiger partial charge in [0.25, 0.3) is 0 Å². The van der Waals surface area contributed by atoms with Crippen LogP contribution in [0.4, 0.5) is 0 Å². The second-order valence-electron chi connectivity index (χ2n) is 5.44. The van der Waals surface area contributed by atoms with Crippen LogP contribution in [0.15, 0.2) is 0 Å². The summed E-state index contributed by atoms with van der Waals surface area (Å²) >= 11 is 0. The first-order chi connectivity index (χ1) is 7.11. The highest BCUT2D eigenvalue weighted by Gasteiger charge is 2.34. The summed E-state index contributed by atoms with van der Waals surface area (Å²) in [5.74, 6) is 0. The summed E-state index contributed by atoms with van der Waals surface area (Å²) in [5, 5.41) is 3.33. The molecule has 2 aliphatic rings. The van der Waals surface area contributed by atoms with Crippen LogP contribution in [0, 0.1) is 0 Å². The third-order valence-electron chi connectivity index (χ3n) is 3.67. The summed E-state index contributed by atoms with van der Waals surface area (Å²) in [6.45, 7) is 11.2. The van der Waals surface area contributed by atoms with Crippen LogP contribution in [0.3, 0.4) is 0 Å². The van der Waals surface area contributed by atoms with Gasteiger partial charge in [0.15, 0.2) is 0 Å². The Morgan fingerprint density at radius 1 is 1.40 bits per heavy atom. The predicted molar refractivity (Wildman–Crippen MR) is 62.1 cm³/mol. The third-order valence-corrected chi connectivity index (χ3v) is 3.67. The van der Waals surface area contributed by atoms with Crippen LogP contribution < -0.4 is 5.32 Å². The minimum atomic E-state index is 0.113. The first-order valence-corrected chi connectivity index (χ1v) is 6.23. The van der Waals surface area contributed by atoms with Gasteiger partial charge in [-0.15, -0.1) is 0 Å². The fourth-order valence-electron chi connectivity index (χ4n) is 2.54. The van der Waals surface area contributed by atoms with Gasteiger partial charge in [0.2, 0.25) is 0 Å². The van der Waals surface area contributed by atoms with Crippen LogP contribution in [-0.4, -0.2) is 48.8 Å². The lowest BCUT2D eigenvalue weighted by Crippen LogP contribution is -2.58. The second-order valence-corrected chi connectivity index (χ2v) is 5.44. The molecule has 2 heterocycles. The van der Waals surface area contributed by atoms with Crippen LogP contribution in [-0.2, 0) is 4.74 Å². The van der Waals surface area contributed by atoms with Gasteiger partial charge in [-0.3, -0.25) is 4.90 Å². The normalized spacial score (nSPS) is 30.8. The fourth-order valence-corrected chi connectivity index (χ4v) is 2.54. The van der Waals surface area contributed by atoms with Crippen molar-refractivity contribution in [2.75, 3.05) is 26.2 Å². The molecule has 3 nitrogen and oxygen atoms in total. The Kier molecular flexibility index (Phi) is 3.33. The molecule has 0 aromatic heterocycles. The van der Waals surface area contributed by atoms with Gasteiger partial charge >= 0.3 is 0 Å². The highest BCUT2D eigenvalue weighted by Crippen LogP contribution is 2.30. The van der Waals surface area contributed by atoms with E-state index in [2.05, 4.69) is 31.0 Å². The SMILES string of the molecule is CCN(CC1CCC(C)(C)O1)C1CNC1. The molecule has 2 fully saturated rings. The van der Waals surface area contributed by atoms with E-state index < -0.39 is 0 Å². The smallest absolute Gasteiger partial charge is 0.0710 e. The molecular weight excluding hydrogens is 188 g/mol. The molecule has 0 aliphatic carbocycles. The second kappa shape index (κ2) is 4.40. The van der Waals surface area contributed by atoms with E-state index in [0.717, 1.165) is 32.2 Å². The summed E-state index contributed by atoms with van der Waals surface area (Å²) < 4.78 is 6.04. The van der Waals surface area contributed by atoms with Gasteiger partial charge in [-0.05, 0) is 33.2 Å². The standard InChI is InChI=1S/C12H24N2O/c1-4-14(10-7-13-8-10)9-11-5-6-12(2,3)15-11/h10-11,13H,4-9H2,1-3H3. The quantitative estimate of drug-likeness (QED) is 0.759. The fraction of sp³-hybridized carbons (Fsp3) is 1.00. The molecule has 0 saturated carbocycles. The molecular formula is C12H24N2O. The molecule has 88 valence electrons. The number of rotatable bonds is 4. The lowest BCUT2D eigenvalue weighted by Gasteiger charge is -2.39. The minimum Gasteiger partial charge on any atom is -0.371 e. The number of hydrogen-bond acceptors (Lipinski definition) is 3. The molecule has 0 spiro atoms. The zero-order chi connectivity index (χ0) is 10.9. The van der Waals surface area contributed by atoms with Crippen LogP contribution in [0.2, 0.25) is 0 Å². The molecule has 1 N–H and O–H groups in total. The Labute approximate surface area is 93.2 Å². The van der Waals surface area contributed by atoms with Crippen molar-refractivity contribution in [2.24, 2.45) is 0 Å². The molecule has 0 aromatic rings. The number of ether oxygens (including phenoxy) is 1. The van der Waals surface area contributed by atoms with Crippen molar-refractivity contribution in [2.45, 2.75) is 51.4 Å². The van der Waals surface area contributed by atoms with Crippen molar-refractivity contribution in [1.29, 1.82) is 0 Å². The average molecular weight is 212 g/mol. The van der Waals surface area contributed by atoms with Crippen LogP contribution in [0.25, 0.3) is 0 Å². The Hall–Kier alpha value is -0.120. The first-order valence-electron chi connectivity index (χ1n) is 6.23. The molecule has 2 saturated heterocycles. The monoisotopic (exact) mass is 212 g/mol. The van der Waals surface area contributed by atoms with E-state index in [0.29, 0.717) is 6.10 Å². The zero-order valence-electron chi connectivity index (χ0n) is 10.3. The molecule has 1 unspecified atom stereocenters. The number of hydrogen-bond donors (Lipinski definition) is 1. The number of likely N-dealkylation sites (N-methyl/N-ethyl adjacent to an activating group) is 1. The largest absolute Gasteiger partial charge is 0.371 e. The van der Waals surface area contributed by atoms with Gasteiger partial charge in [-0.25, -0.2) is 0 Å². The summed E-state index contributed by atoms with van der Waals surface area (Å²) in [6.07, 6.45) is 2.89. The van der Waals surface area contributed by atoms with Gasteiger partial charge < -0.3 is 10.1 Å². The van der Waals surface area contributed by atoms with Crippen molar-refractivity contribution in [3.8, 4) is 0 Å². The lowest BCUT2D eigenvalue weighted by atomic mass is 10.0. The van der Waals surface area contributed by atoms with E-state index in [9.17, 15) is 0 Å². The van der Waals surface area contributed by atoms with Crippen LogP contribution >= 0.6 is 0 Å². The minimum absolute atomic E-state index is 0.113. The van der Waals surface area contributed by atoms with Crippen molar-refractivity contribution in [3.63, 3.8) is 0 Å². The van der Waals surface area contributed by atoms with Gasteiger partial charge in [0.1, 0.15) is 0 Å². The van der Waals surface area contributed by atoms with E-state index in [1.807, 2.05) is 0 Å². The maximum absolute atomic E-state index is 6.04. The molecule has 15 heavy (non-hydrogen) atoms. The molecule has 0 bridgehead atoms. The maximum atomic E-state index is 6.04. The third kappa shape index (κ3) is 2.71. The Bertz CT molecular complexity index is 214. The van der Waals surface area contributed by atoms with E-state index in [1.54, 1.807) is 0 Å². The van der Waals surface area contributed by atoms with E-state index in [1.165, 1.54) is 12.8 Å². The van der Waals surface area contributed by atoms with Gasteiger partial charge in [0, 0.05) is 25.7 Å². The van der Waals surface area contributed by atoms with Gasteiger partial charge in [-0.1, -0.05) is 6.92 Å². The molecule has 1 atom stereocenters. The Morgan fingerprint density at radius 3 is 2.53 bits per heavy atom. The molecule has 0 aromatic carbocycles. The summed E-state index contributed by atoms with van der Waals surface area (Å²) in [6, 6.07) is 0.752. The average Bonchev–Trinajstić information content (AvgIpc) is 2.41. The Balaban J connectivity index is 1.80. The molecule has 0 radical (unpaired) electrons. The molecule has 0 amide bonds. The van der Waals surface area contributed by atoms with Crippen molar-refractivity contribution in [3.05, 3.63) is 0 Å². The van der Waals surface area contributed by atoms with E-state index in [-0.39, 0.29) is 5.60 Å². The van der Waals surface area contributed by atoms with Crippen molar-refractivity contribution >= 4 is 0 Å². The molecule has 3 heteroatoms. The van der Waals surface area contributed by atoms with Gasteiger partial charge in [-0.2, -0.15) is 0 Å². The highest BCUT2D eigenvalue weighted by atomic mass is 16.5. The summed E-state index contributed by atoms with van der Waals surface area (Å²) in [4.78, 5) is 2.56. The Morgan fingerprint density at radius 2 is 2.13 bits per heavy atom. The summed E-state index contributed by atoms with van der Waals surface area (Å²) in [5.41, 5.74) is 0.113. The van der Waals surface area contributed by atoms with Crippen molar-refractivity contribution < 1.29 is 4.74 Å². The van der Waals surface area contributed by atoms with E-state index >= 15 is 0 Å². The topological polar surface area (TPSA) is 24.5 Å². The predicted octanol–water partition coefficient (Wildman–Crippen LogP) is 1.24.